The van der Waals surface area contributed by atoms with Crippen molar-refractivity contribution in [1.82, 2.24) is 19.8 Å². The van der Waals surface area contributed by atoms with Crippen molar-refractivity contribution in [3.63, 3.8) is 0 Å². The maximum Gasteiger partial charge on any atom is 0.274 e. The monoisotopic (exact) mass is 346 g/mol. The van der Waals surface area contributed by atoms with Gasteiger partial charge in [-0.2, -0.15) is 0 Å². The lowest BCUT2D eigenvalue weighted by molar-refractivity contribution is -0.0453. The summed E-state index contributed by atoms with van der Waals surface area (Å²) in [5.41, 5.74) is 0.245. The molecule has 7 heteroatoms. The van der Waals surface area contributed by atoms with E-state index in [2.05, 4.69) is 14.9 Å². The van der Waals surface area contributed by atoms with Crippen molar-refractivity contribution in [3.05, 3.63) is 24.3 Å². The Morgan fingerprint density at radius 1 is 1.28 bits per heavy atom. The van der Waals surface area contributed by atoms with Crippen molar-refractivity contribution in [2.24, 2.45) is 5.92 Å². The van der Waals surface area contributed by atoms with Gasteiger partial charge in [-0.1, -0.05) is 0 Å². The molecule has 0 bridgehead atoms. The summed E-state index contributed by atoms with van der Waals surface area (Å²) >= 11 is 0. The molecule has 1 spiro atoms. The van der Waals surface area contributed by atoms with Gasteiger partial charge in [-0.3, -0.25) is 14.7 Å². The van der Waals surface area contributed by atoms with E-state index in [1.54, 1.807) is 18.6 Å². The molecule has 3 aliphatic heterocycles. The first kappa shape index (κ1) is 16.9. The van der Waals surface area contributed by atoms with E-state index in [0.29, 0.717) is 18.2 Å². The first-order chi connectivity index (χ1) is 12.2. The van der Waals surface area contributed by atoms with Crippen LogP contribution in [-0.2, 0) is 9.47 Å². The minimum absolute atomic E-state index is 0.0348. The lowest BCUT2D eigenvalue weighted by Gasteiger charge is -2.39. The molecule has 0 radical (unpaired) electrons. The van der Waals surface area contributed by atoms with Crippen molar-refractivity contribution >= 4 is 5.91 Å². The van der Waals surface area contributed by atoms with Crippen molar-refractivity contribution in [3.8, 4) is 0 Å². The minimum Gasteiger partial charge on any atom is -0.379 e. The molecule has 0 saturated carbocycles. The van der Waals surface area contributed by atoms with Gasteiger partial charge in [0.25, 0.3) is 5.91 Å². The van der Waals surface area contributed by atoms with E-state index < -0.39 is 0 Å². The van der Waals surface area contributed by atoms with Crippen molar-refractivity contribution in [2.45, 2.75) is 24.9 Å². The third-order valence-electron chi connectivity index (χ3n) is 5.51. The third kappa shape index (κ3) is 3.83. The van der Waals surface area contributed by atoms with E-state index >= 15 is 0 Å². The quantitative estimate of drug-likeness (QED) is 0.807. The van der Waals surface area contributed by atoms with Crippen LogP contribution in [0.25, 0.3) is 0 Å². The van der Waals surface area contributed by atoms with E-state index in [0.717, 1.165) is 65.3 Å². The molecular weight excluding hydrogens is 320 g/mol. The molecule has 136 valence electrons. The van der Waals surface area contributed by atoms with E-state index in [1.165, 1.54) is 0 Å². The molecular formula is C18H26N4O3. The molecule has 4 heterocycles. The van der Waals surface area contributed by atoms with E-state index in [9.17, 15) is 4.79 Å². The molecule has 3 saturated heterocycles. The largest absolute Gasteiger partial charge is 0.379 e. The van der Waals surface area contributed by atoms with Crippen LogP contribution in [0.2, 0.25) is 0 Å². The molecule has 1 aromatic rings. The van der Waals surface area contributed by atoms with Gasteiger partial charge in [0.05, 0.1) is 38.2 Å². The number of hydrogen-bond donors (Lipinski definition) is 0. The van der Waals surface area contributed by atoms with Gasteiger partial charge >= 0.3 is 0 Å². The zero-order valence-corrected chi connectivity index (χ0v) is 14.6. The predicted molar refractivity (Wildman–Crippen MR) is 91.2 cm³/mol. The number of hydrogen-bond acceptors (Lipinski definition) is 6. The summed E-state index contributed by atoms with van der Waals surface area (Å²) < 4.78 is 11.7. The van der Waals surface area contributed by atoms with Crippen LogP contribution < -0.4 is 0 Å². The first-order valence-electron chi connectivity index (χ1n) is 9.23. The highest BCUT2D eigenvalue weighted by Crippen LogP contribution is 2.38. The van der Waals surface area contributed by atoms with Crippen molar-refractivity contribution in [2.75, 3.05) is 52.5 Å². The molecule has 2 unspecified atom stereocenters. The fourth-order valence-corrected chi connectivity index (χ4v) is 4.33. The zero-order chi connectivity index (χ0) is 17.1. The number of carbonyl (C=O) groups is 1. The highest BCUT2D eigenvalue weighted by molar-refractivity contribution is 5.92. The van der Waals surface area contributed by atoms with Crippen LogP contribution in [0.1, 0.15) is 29.8 Å². The molecule has 4 rings (SSSR count). The Bertz CT molecular complexity index is 593. The molecule has 0 aliphatic carbocycles. The second kappa shape index (κ2) is 7.35. The number of carbonyl (C=O) groups excluding carboxylic acids is 1. The minimum atomic E-state index is -0.174. The normalized spacial score (nSPS) is 30.7. The van der Waals surface area contributed by atoms with Crippen LogP contribution >= 0.6 is 0 Å². The summed E-state index contributed by atoms with van der Waals surface area (Å²) in [6, 6.07) is 0. The molecule has 3 aliphatic rings. The van der Waals surface area contributed by atoms with E-state index in [1.807, 2.05) is 4.90 Å². The molecule has 25 heavy (non-hydrogen) atoms. The number of morpholine rings is 1. The molecule has 3 fully saturated rings. The van der Waals surface area contributed by atoms with Crippen molar-refractivity contribution < 1.29 is 14.3 Å². The van der Waals surface area contributed by atoms with Crippen molar-refractivity contribution in [1.29, 1.82) is 0 Å². The van der Waals surface area contributed by atoms with Gasteiger partial charge in [0, 0.05) is 38.6 Å². The standard InChI is InChI=1S/C18H26N4O3/c23-17(16-11-19-3-4-20-16)22-5-1-2-18(14-22)10-15(13-25-18)12-21-6-8-24-9-7-21/h3-4,11,15H,1-2,5-10,12-14H2. The fourth-order valence-electron chi connectivity index (χ4n) is 4.33. The fraction of sp³-hybridized carbons (Fsp3) is 0.722. The Kier molecular flexibility index (Phi) is 4.96. The summed E-state index contributed by atoms with van der Waals surface area (Å²) in [4.78, 5) is 25.2. The Morgan fingerprint density at radius 2 is 2.16 bits per heavy atom. The highest BCUT2D eigenvalue weighted by Gasteiger charge is 2.45. The Morgan fingerprint density at radius 3 is 2.96 bits per heavy atom. The van der Waals surface area contributed by atoms with Gasteiger partial charge in [-0.25, -0.2) is 4.98 Å². The lowest BCUT2D eigenvalue weighted by atomic mass is 9.86. The SMILES string of the molecule is O=C(c1cnccn1)N1CCCC2(CC(CN3CCOCC3)CO2)C1. The van der Waals surface area contributed by atoms with Crippen LogP contribution in [0, 0.1) is 5.92 Å². The average Bonchev–Trinajstić information content (AvgIpc) is 3.04. The summed E-state index contributed by atoms with van der Waals surface area (Å²) in [5, 5.41) is 0. The Balaban J connectivity index is 1.36. The van der Waals surface area contributed by atoms with Gasteiger partial charge in [-0.15, -0.1) is 0 Å². The highest BCUT2D eigenvalue weighted by atomic mass is 16.5. The van der Waals surface area contributed by atoms with Gasteiger partial charge in [0.15, 0.2) is 0 Å². The first-order valence-corrected chi connectivity index (χ1v) is 9.23. The number of likely N-dealkylation sites (tertiary alicyclic amines) is 1. The van der Waals surface area contributed by atoms with Gasteiger partial charge in [0.2, 0.25) is 0 Å². The molecule has 2 atom stereocenters. The number of rotatable bonds is 3. The molecule has 0 aromatic carbocycles. The summed E-state index contributed by atoms with van der Waals surface area (Å²) in [5.74, 6) is 0.511. The Hall–Kier alpha value is -1.57. The maximum absolute atomic E-state index is 12.7. The third-order valence-corrected chi connectivity index (χ3v) is 5.51. The van der Waals surface area contributed by atoms with Gasteiger partial charge in [-0.05, 0) is 25.2 Å². The second-order valence-corrected chi connectivity index (χ2v) is 7.40. The predicted octanol–water partition coefficient (Wildman–Crippen LogP) is 0.820. The number of piperidine rings is 1. The van der Waals surface area contributed by atoms with Crippen LogP contribution in [0.4, 0.5) is 0 Å². The summed E-state index contributed by atoms with van der Waals surface area (Å²) in [7, 11) is 0. The summed E-state index contributed by atoms with van der Waals surface area (Å²) in [6.07, 6.45) is 7.75. The van der Waals surface area contributed by atoms with Gasteiger partial charge < -0.3 is 14.4 Å². The van der Waals surface area contributed by atoms with Crippen LogP contribution in [-0.4, -0.2) is 83.8 Å². The smallest absolute Gasteiger partial charge is 0.274 e. The average molecular weight is 346 g/mol. The van der Waals surface area contributed by atoms with Crippen LogP contribution in [0.3, 0.4) is 0 Å². The number of ether oxygens (including phenoxy) is 2. The van der Waals surface area contributed by atoms with E-state index in [4.69, 9.17) is 9.47 Å². The number of aromatic nitrogens is 2. The maximum atomic E-state index is 12.7. The topological polar surface area (TPSA) is 67.8 Å². The van der Waals surface area contributed by atoms with Crippen LogP contribution in [0.15, 0.2) is 18.6 Å². The van der Waals surface area contributed by atoms with Gasteiger partial charge in [0.1, 0.15) is 5.69 Å². The second-order valence-electron chi connectivity index (χ2n) is 7.40. The van der Waals surface area contributed by atoms with E-state index in [-0.39, 0.29) is 11.5 Å². The number of amides is 1. The summed E-state index contributed by atoms with van der Waals surface area (Å²) in [6.45, 7) is 7.00. The zero-order valence-electron chi connectivity index (χ0n) is 14.6. The van der Waals surface area contributed by atoms with Crippen LogP contribution in [0.5, 0.6) is 0 Å². The number of nitrogens with zero attached hydrogens (tertiary/aromatic N) is 4. The lowest BCUT2D eigenvalue weighted by Crippen LogP contribution is -2.50. The molecule has 0 N–H and O–H groups in total. The molecule has 1 aromatic heterocycles. The molecule has 7 nitrogen and oxygen atoms in total. The Labute approximate surface area is 148 Å². The molecule has 1 amide bonds.